The van der Waals surface area contributed by atoms with Gasteiger partial charge in [-0.3, -0.25) is 14.4 Å². The first kappa shape index (κ1) is 23.8. The summed E-state index contributed by atoms with van der Waals surface area (Å²) in [6.07, 6.45) is 4.44. The molecule has 1 unspecified atom stereocenters. The number of carbonyl (C=O) groups is 3. The van der Waals surface area contributed by atoms with Crippen molar-refractivity contribution in [2.45, 2.75) is 45.1 Å². The van der Waals surface area contributed by atoms with Gasteiger partial charge in [0.2, 0.25) is 5.91 Å². The Morgan fingerprint density at radius 2 is 1.74 bits per heavy atom. The third kappa shape index (κ3) is 6.83. The summed E-state index contributed by atoms with van der Waals surface area (Å²) in [4.78, 5) is 39.0. The van der Waals surface area contributed by atoms with Gasteiger partial charge in [-0.05, 0) is 68.9 Å². The lowest BCUT2D eigenvalue weighted by molar-refractivity contribution is -0.126. The van der Waals surface area contributed by atoms with Crippen molar-refractivity contribution in [3.8, 4) is 5.75 Å². The summed E-state index contributed by atoms with van der Waals surface area (Å²) in [6.45, 7) is 3.70. The van der Waals surface area contributed by atoms with Gasteiger partial charge in [0.25, 0.3) is 11.8 Å². The van der Waals surface area contributed by atoms with E-state index < -0.39 is 0 Å². The molecule has 2 aliphatic rings. The fourth-order valence-corrected chi connectivity index (χ4v) is 4.13. The topological polar surface area (TPSA) is 87.7 Å². The summed E-state index contributed by atoms with van der Waals surface area (Å²) in [5, 5.41) is 5.92. The molecule has 0 radical (unpaired) electrons. The van der Waals surface area contributed by atoms with Crippen LogP contribution in [0.4, 0.5) is 0 Å². The fourth-order valence-electron chi connectivity index (χ4n) is 4.13. The van der Waals surface area contributed by atoms with Crippen LogP contribution in [0.25, 0.3) is 0 Å². The standard InChI is InChI=1S/C27H33N3O4/c1-19-4-8-21(9-5-19)27(33)30-16-2-3-22(17-30)26(32)28-15-14-20-6-12-24(13-7-20)34-18-25(31)29-23-10-11-23/h4-9,12-13,22-23H,2-3,10-11,14-18H2,1H3,(H,28,32)(H,29,31). The van der Waals surface area contributed by atoms with Gasteiger partial charge in [0.15, 0.2) is 6.61 Å². The van der Waals surface area contributed by atoms with Crippen molar-refractivity contribution in [2.75, 3.05) is 26.2 Å². The van der Waals surface area contributed by atoms with E-state index in [4.69, 9.17) is 4.74 Å². The lowest BCUT2D eigenvalue weighted by Gasteiger charge is -2.32. The first-order valence-corrected chi connectivity index (χ1v) is 12.1. The van der Waals surface area contributed by atoms with Crippen LogP contribution in [0.15, 0.2) is 48.5 Å². The molecule has 180 valence electrons. The first-order valence-electron chi connectivity index (χ1n) is 12.1. The summed E-state index contributed by atoms with van der Waals surface area (Å²) < 4.78 is 5.53. The summed E-state index contributed by atoms with van der Waals surface area (Å²) in [5.41, 5.74) is 2.86. The Hall–Kier alpha value is -3.35. The third-order valence-corrected chi connectivity index (χ3v) is 6.33. The Kier molecular flexibility index (Phi) is 7.83. The number of piperidine rings is 1. The number of benzene rings is 2. The average Bonchev–Trinajstić information content (AvgIpc) is 3.67. The molecule has 0 bridgehead atoms. The van der Waals surface area contributed by atoms with Crippen molar-refractivity contribution in [2.24, 2.45) is 5.92 Å². The maximum absolute atomic E-state index is 12.8. The largest absolute Gasteiger partial charge is 0.484 e. The number of amides is 3. The second-order valence-electron chi connectivity index (χ2n) is 9.27. The van der Waals surface area contributed by atoms with Gasteiger partial charge in [-0.15, -0.1) is 0 Å². The van der Waals surface area contributed by atoms with Crippen LogP contribution in [-0.2, 0) is 16.0 Å². The average molecular weight is 464 g/mol. The Morgan fingerprint density at radius 1 is 1.00 bits per heavy atom. The highest BCUT2D eigenvalue weighted by atomic mass is 16.5. The van der Waals surface area contributed by atoms with Crippen molar-refractivity contribution in [1.82, 2.24) is 15.5 Å². The second-order valence-corrected chi connectivity index (χ2v) is 9.27. The van der Waals surface area contributed by atoms with E-state index in [1.807, 2.05) is 55.5 Å². The molecule has 7 nitrogen and oxygen atoms in total. The van der Waals surface area contributed by atoms with Crippen LogP contribution in [0.3, 0.4) is 0 Å². The van der Waals surface area contributed by atoms with Crippen LogP contribution < -0.4 is 15.4 Å². The number of likely N-dealkylation sites (tertiary alicyclic amines) is 1. The van der Waals surface area contributed by atoms with Crippen LogP contribution in [0.5, 0.6) is 5.75 Å². The monoisotopic (exact) mass is 463 g/mol. The Bertz CT molecular complexity index is 1000. The molecule has 1 saturated carbocycles. The van der Waals surface area contributed by atoms with Gasteiger partial charge in [-0.2, -0.15) is 0 Å². The third-order valence-electron chi connectivity index (χ3n) is 6.33. The molecule has 1 heterocycles. The number of ether oxygens (including phenoxy) is 1. The van der Waals surface area contributed by atoms with Crippen molar-refractivity contribution >= 4 is 17.7 Å². The van der Waals surface area contributed by atoms with Crippen LogP contribution in [0, 0.1) is 12.8 Å². The predicted molar refractivity (Wildman–Crippen MR) is 130 cm³/mol. The highest BCUT2D eigenvalue weighted by Crippen LogP contribution is 2.20. The summed E-state index contributed by atoms with van der Waals surface area (Å²) in [5.74, 6) is 0.379. The molecule has 2 aromatic rings. The van der Waals surface area contributed by atoms with Gasteiger partial charge >= 0.3 is 0 Å². The van der Waals surface area contributed by atoms with E-state index in [0.29, 0.717) is 43.4 Å². The maximum Gasteiger partial charge on any atom is 0.258 e. The van der Waals surface area contributed by atoms with Gasteiger partial charge in [0.05, 0.1) is 5.92 Å². The number of nitrogens with one attached hydrogen (secondary N) is 2. The molecule has 2 fully saturated rings. The summed E-state index contributed by atoms with van der Waals surface area (Å²) in [7, 11) is 0. The van der Waals surface area contributed by atoms with Gasteiger partial charge in [0, 0.05) is 31.2 Å². The normalized spacial score (nSPS) is 17.7. The zero-order valence-corrected chi connectivity index (χ0v) is 19.7. The van der Waals surface area contributed by atoms with E-state index >= 15 is 0 Å². The SMILES string of the molecule is Cc1ccc(C(=O)N2CCCC(C(=O)NCCc3ccc(OCC(=O)NC4CC4)cc3)C2)cc1. The molecule has 1 aliphatic carbocycles. The molecule has 3 amide bonds. The van der Waals surface area contributed by atoms with E-state index in [9.17, 15) is 14.4 Å². The minimum Gasteiger partial charge on any atom is -0.484 e. The van der Waals surface area contributed by atoms with E-state index in [0.717, 1.165) is 36.8 Å². The minimum atomic E-state index is -0.180. The quantitative estimate of drug-likeness (QED) is 0.599. The highest BCUT2D eigenvalue weighted by molar-refractivity contribution is 5.94. The molecule has 4 rings (SSSR count). The minimum absolute atomic E-state index is 0.00281. The Balaban J connectivity index is 1.18. The van der Waals surface area contributed by atoms with Gasteiger partial charge < -0.3 is 20.3 Å². The lowest BCUT2D eigenvalue weighted by Crippen LogP contribution is -2.45. The van der Waals surface area contributed by atoms with Crippen molar-refractivity contribution < 1.29 is 19.1 Å². The van der Waals surface area contributed by atoms with Crippen LogP contribution in [-0.4, -0.2) is 54.9 Å². The molecule has 1 saturated heterocycles. The summed E-state index contributed by atoms with van der Waals surface area (Å²) in [6, 6.07) is 15.5. The smallest absolute Gasteiger partial charge is 0.258 e. The molecule has 34 heavy (non-hydrogen) atoms. The Labute approximate surface area is 200 Å². The molecular weight excluding hydrogens is 430 g/mol. The van der Waals surface area contributed by atoms with Gasteiger partial charge in [-0.25, -0.2) is 0 Å². The zero-order chi connectivity index (χ0) is 23.9. The number of hydrogen-bond donors (Lipinski definition) is 2. The zero-order valence-electron chi connectivity index (χ0n) is 19.7. The number of nitrogens with zero attached hydrogens (tertiary/aromatic N) is 1. The van der Waals surface area contributed by atoms with Crippen molar-refractivity contribution in [1.29, 1.82) is 0 Å². The van der Waals surface area contributed by atoms with Crippen LogP contribution >= 0.6 is 0 Å². The molecular formula is C27H33N3O4. The van der Waals surface area contributed by atoms with Crippen LogP contribution in [0.2, 0.25) is 0 Å². The highest BCUT2D eigenvalue weighted by Gasteiger charge is 2.28. The van der Waals surface area contributed by atoms with E-state index in [2.05, 4.69) is 10.6 Å². The molecule has 0 aromatic heterocycles. The van der Waals surface area contributed by atoms with Crippen molar-refractivity contribution in [3.63, 3.8) is 0 Å². The molecule has 2 aromatic carbocycles. The number of carbonyl (C=O) groups excluding carboxylic acids is 3. The number of rotatable bonds is 9. The van der Waals surface area contributed by atoms with Gasteiger partial charge in [0.1, 0.15) is 5.75 Å². The molecule has 1 aliphatic heterocycles. The molecule has 1 atom stereocenters. The number of hydrogen-bond acceptors (Lipinski definition) is 4. The first-order chi connectivity index (χ1) is 16.5. The molecule has 2 N–H and O–H groups in total. The Morgan fingerprint density at radius 3 is 2.44 bits per heavy atom. The predicted octanol–water partition coefficient (Wildman–Crippen LogP) is 2.86. The van der Waals surface area contributed by atoms with Gasteiger partial charge in [-0.1, -0.05) is 29.8 Å². The lowest BCUT2D eigenvalue weighted by atomic mass is 9.96. The molecule has 7 heteroatoms. The molecule has 0 spiro atoms. The number of aryl methyl sites for hydroxylation is 1. The van der Waals surface area contributed by atoms with Crippen molar-refractivity contribution in [3.05, 3.63) is 65.2 Å². The van der Waals surface area contributed by atoms with E-state index in [1.54, 1.807) is 4.90 Å². The second kappa shape index (κ2) is 11.2. The van der Waals surface area contributed by atoms with Crippen LogP contribution in [0.1, 0.15) is 47.2 Å². The maximum atomic E-state index is 12.8. The summed E-state index contributed by atoms with van der Waals surface area (Å²) >= 11 is 0. The fraction of sp³-hybridized carbons (Fsp3) is 0.444. The van der Waals surface area contributed by atoms with E-state index in [-0.39, 0.29) is 30.2 Å². The van der Waals surface area contributed by atoms with E-state index in [1.165, 1.54) is 0 Å².